The highest BCUT2D eigenvalue weighted by Crippen LogP contribution is 2.22. The summed E-state index contributed by atoms with van der Waals surface area (Å²) < 4.78 is 0. The van der Waals surface area contributed by atoms with Crippen LogP contribution in [0.4, 0.5) is 0 Å². The van der Waals surface area contributed by atoms with Crippen LogP contribution in [0.25, 0.3) is 0 Å². The Bertz CT molecular complexity index is 245. The van der Waals surface area contributed by atoms with Crippen molar-refractivity contribution in [1.82, 2.24) is 4.90 Å². The van der Waals surface area contributed by atoms with E-state index in [4.69, 9.17) is 0 Å². The molecule has 0 aliphatic carbocycles. The average Bonchev–Trinajstić information content (AvgIpc) is 2.74. The lowest BCUT2D eigenvalue weighted by atomic mass is 10.0. The van der Waals surface area contributed by atoms with Gasteiger partial charge in [0.2, 0.25) is 5.91 Å². The van der Waals surface area contributed by atoms with E-state index < -0.39 is 0 Å². The van der Waals surface area contributed by atoms with E-state index in [-0.39, 0.29) is 0 Å². The topological polar surface area (TPSA) is 20.3 Å². The molecule has 0 N–H and O–H groups in total. The van der Waals surface area contributed by atoms with E-state index in [1.54, 1.807) is 0 Å². The molecule has 112 valence electrons. The van der Waals surface area contributed by atoms with Crippen molar-refractivity contribution in [2.45, 2.75) is 71.1 Å². The molecule has 0 aromatic heterocycles. The van der Waals surface area contributed by atoms with Crippen LogP contribution >= 0.6 is 15.9 Å². The van der Waals surface area contributed by atoms with Gasteiger partial charge in [-0.25, -0.2) is 0 Å². The summed E-state index contributed by atoms with van der Waals surface area (Å²) in [7, 11) is 0. The van der Waals surface area contributed by atoms with Gasteiger partial charge >= 0.3 is 0 Å². The van der Waals surface area contributed by atoms with Gasteiger partial charge in [0.15, 0.2) is 0 Å². The van der Waals surface area contributed by atoms with Crippen LogP contribution < -0.4 is 0 Å². The molecule has 1 atom stereocenters. The van der Waals surface area contributed by atoms with Crippen molar-refractivity contribution < 1.29 is 4.79 Å². The molecule has 1 amide bonds. The third-order valence-electron chi connectivity index (χ3n) is 4.05. The van der Waals surface area contributed by atoms with Crippen molar-refractivity contribution in [3.63, 3.8) is 0 Å². The van der Waals surface area contributed by atoms with Crippen LogP contribution in [-0.2, 0) is 4.79 Å². The van der Waals surface area contributed by atoms with Gasteiger partial charge in [-0.05, 0) is 25.2 Å². The van der Waals surface area contributed by atoms with E-state index >= 15 is 0 Å². The lowest BCUT2D eigenvalue weighted by Crippen LogP contribution is -2.26. The van der Waals surface area contributed by atoms with Crippen LogP contribution in [0.2, 0.25) is 0 Å². The Balaban J connectivity index is 1.96. The van der Waals surface area contributed by atoms with E-state index in [9.17, 15) is 4.79 Å². The van der Waals surface area contributed by atoms with Crippen molar-refractivity contribution in [2.75, 3.05) is 18.4 Å². The number of nitrogens with zero attached hydrogens (tertiary/aromatic N) is 1. The summed E-state index contributed by atoms with van der Waals surface area (Å²) in [5.74, 6) is 1.04. The fourth-order valence-corrected chi connectivity index (χ4v) is 3.35. The number of alkyl halides is 1. The van der Waals surface area contributed by atoms with Gasteiger partial charge in [0, 0.05) is 24.8 Å². The van der Waals surface area contributed by atoms with Gasteiger partial charge in [0.1, 0.15) is 0 Å². The summed E-state index contributed by atoms with van der Waals surface area (Å²) in [5.41, 5.74) is 0. The quantitative estimate of drug-likeness (QED) is 0.394. The highest BCUT2D eigenvalue weighted by molar-refractivity contribution is 9.09. The Morgan fingerprint density at radius 1 is 1.11 bits per heavy atom. The molecular weight excluding hydrogens is 302 g/mol. The van der Waals surface area contributed by atoms with Crippen molar-refractivity contribution in [2.24, 2.45) is 5.92 Å². The molecule has 1 fully saturated rings. The highest BCUT2D eigenvalue weighted by Gasteiger charge is 2.27. The maximum Gasteiger partial charge on any atom is 0.222 e. The van der Waals surface area contributed by atoms with Gasteiger partial charge in [-0.15, -0.1) is 0 Å². The predicted molar refractivity (Wildman–Crippen MR) is 85.7 cm³/mol. The first kappa shape index (κ1) is 17.0. The monoisotopic (exact) mass is 331 g/mol. The first-order valence-corrected chi connectivity index (χ1v) is 9.23. The number of hydrogen-bond donors (Lipinski definition) is 0. The van der Waals surface area contributed by atoms with E-state index in [2.05, 4.69) is 27.8 Å². The Labute approximate surface area is 127 Å². The van der Waals surface area contributed by atoms with Gasteiger partial charge in [-0.2, -0.15) is 0 Å². The second kappa shape index (κ2) is 10.7. The van der Waals surface area contributed by atoms with Crippen LogP contribution in [0.5, 0.6) is 0 Å². The largest absolute Gasteiger partial charge is 0.342 e. The molecule has 1 aliphatic heterocycles. The average molecular weight is 332 g/mol. The van der Waals surface area contributed by atoms with E-state index in [0.717, 1.165) is 24.8 Å². The SMILES string of the molecule is CCCC1CC(=O)N(CCCCCCCCCBr)C1. The molecule has 0 aromatic carbocycles. The standard InChI is InChI=1S/C16H30BrNO/c1-2-10-15-13-16(19)18(14-15)12-9-7-5-3-4-6-8-11-17/h15H,2-14H2,1H3. The summed E-state index contributed by atoms with van der Waals surface area (Å²) in [6.45, 7) is 4.24. The van der Waals surface area contributed by atoms with Gasteiger partial charge in [0.25, 0.3) is 0 Å². The first-order valence-electron chi connectivity index (χ1n) is 8.11. The van der Waals surface area contributed by atoms with Crippen LogP contribution in [0.1, 0.15) is 71.1 Å². The number of amides is 1. The zero-order valence-corrected chi connectivity index (χ0v) is 14.1. The normalized spacial score (nSPS) is 19.4. The summed E-state index contributed by atoms with van der Waals surface area (Å²) in [6, 6.07) is 0. The van der Waals surface area contributed by atoms with Crippen LogP contribution in [-0.4, -0.2) is 29.2 Å². The third-order valence-corrected chi connectivity index (χ3v) is 4.61. The molecule has 0 aromatic rings. The second-order valence-electron chi connectivity index (χ2n) is 5.86. The first-order chi connectivity index (χ1) is 9.27. The van der Waals surface area contributed by atoms with Crippen molar-refractivity contribution in [1.29, 1.82) is 0 Å². The van der Waals surface area contributed by atoms with Crippen LogP contribution in [0, 0.1) is 5.92 Å². The Hall–Kier alpha value is -0.0500. The fourth-order valence-electron chi connectivity index (χ4n) is 2.95. The molecule has 1 unspecified atom stereocenters. The molecule has 1 rings (SSSR count). The number of carbonyl (C=O) groups is 1. The van der Waals surface area contributed by atoms with Gasteiger partial charge in [-0.3, -0.25) is 4.79 Å². The molecule has 1 saturated heterocycles. The van der Waals surface area contributed by atoms with Crippen molar-refractivity contribution in [3.05, 3.63) is 0 Å². The van der Waals surface area contributed by atoms with Gasteiger partial charge in [-0.1, -0.05) is 61.4 Å². The van der Waals surface area contributed by atoms with Crippen LogP contribution in [0.15, 0.2) is 0 Å². The molecule has 3 heteroatoms. The Morgan fingerprint density at radius 3 is 2.37 bits per heavy atom. The molecule has 19 heavy (non-hydrogen) atoms. The summed E-state index contributed by atoms with van der Waals surface area (Å²) in [5, 5.41) is 1.14. The predicted octanol–water partition coefficient (Wildman–Crippen LogP) is 4.76. The minimum absolute atomic E-state index is 0.399. The number of unbranched alkanes of at least 4 members (excludes halogenated alkanes) is 6. The minimum atomic E-state index is 0.399. The molecular formula is C16H30BrNO. The Morgan fingerprint density at radius 2 is 1.74 bits per heavy atom. The maximum atomic E-state index is 11.8. The lowest BCUT2D eigenvalue weighted by molar-refractivity contribution is -0.127. The van der Waals surface area contributed by atoms with Gasteiger partial charge in [0.05, 0.1) is 0 Å². The van der Waals surface area contributed by atoms with Crippen molar-refractivity contribution >= 4 is 21.8 Å². The summed E-state index contributed by atoms with van der Waals surface area (Å²) in [4.78, 5) is 13.9. The number of likely N-dealkylation sites (tertiary alicyclic amines) is 1. The third kappa shape index (κ3) is 7.34. The highest BCUT2D eigenvalue weighted by atomic mass is 79.9. The number of rotatable bonds is 11. The van der Waals surface area contributed by atoms with Crippen LogP contribution in [0.3, 0.4) is 0 Å². The van der Waals surface area contributed by atoms with E-state index in [1.807, 2.05) is 0 Å². The zero-order chi connectivity index (χ0) is 13.9. The van der Waals surface area contributed by atoms with Gasteiger partial charge < -0.3 is 4.90 Å². The second-order valence-corrected chi connectivity index (χ2v) is 6.66. The summed E-state index contributed by atoms with van der Waals surface area (Å²) >= 11 is 3.47. The number of carbonyl (C=O) groups excluding carboxylic acids is 1. The Kier molecular flexibility index (Phi) is 9.58. The lowest BCUT2D eigenvalue weighted by Gasteiger charge is -2.16. The molecule has 0 saturated carbocycles. The minimum Gasteiger partial charge on any atom is -0.342 e. The van der Waals surface area contributed by atoms with Crippen molar-refractivity contribution in [3.8, 4) is 0 Å². The van der Waals surface area contributed by atoms with E-state index in [0.29, 0.717) is 11.8 Å². The number of hydrogen-bond acceptors (Lipinski definition) is 1. The van der Waals surface area contributed by atoms with E-state index in [1.165, 1.54) is 57.8 Å². The molecule has 0 bridgehead atoms. The number of halogens is 1. The molecule has 0 radical (unpaired) electrons. The maximum absolute atomic E-state index is 11.8. The summed E-state index contributed by atoms with van der Waals surface area (Å²) in [6.07, 6.45) is 12.4. The molecule has 2 nitrogen and oxygen atoms in total. The smallest absolute Gasteiger partial charge is 0.222 e. The fraction of sp³-hybridized carbons (Fsp3) is 0.938. The molecule has 0 spiro atoms. The molecule has 1 aliphatic rings. The molecule has 1 heterocycles. The zero-order valence-electron chi connectivity index (χ0n) is 12.5.